The Morgan fingerprint density at radius 3 is 2.77 bits per heavy atom. The molecule has 0 aliphatic carbocycles. The number of likely N-dealkylation sites (tertiary alicyclic amines) is 1. The van der Waals surface area contributed by atoms with Crippen LogP contribution in [0.25, 0.3) is 0 Å². The molecule has 0 aromatic heterocycles. The normalized spacial score (nSPS) is 17.1. The van der Waals surface area contributed by atoms with Crippen LogP contribution >= 0.6 is 0 Å². The monoisotopic (exact) mass is 369 g/mol. The maximum absolute atomic E-state index is 13.8. The lowest BCUT2D eigenvalue weighted by molar-refractivity contribution is -0.138. The van der Waals surface area contributed by atoms with Gasteiger partial charge in [0, 0.05) is 38.3 Å². The molecule has 0 radical (unpaired) electrons. The van der Waals surface area contributed by atoms with Crippen LogP contribution in [0.4, 0.5) is 13.6 Å². The summed E-state index contributed by atoms with van der Waals surface area (Å²) in [7, 11) is 1.44. The van der Waals surface area contributed by atoms with Crippen LogP contribution in [0.2, 0.25) is 0 Å². The van der Waals surface area contributed by atoms with Gasteiger partial charge in [-0.05, 0) is 18.9 Å². The van der Waals surface area contributed by atoms with Crippen molar-refractivity contribution in [3.63, 3.8) is 0 Å². The summed E-state index contributed by atoms with van der Waals surface area (Å²) in [6, 6.07) is 1.88. The lowest BCUT2D eigenvalue weighted by Gasteiger charge is -2.33. The first-order chi connectivity index (χ1) is 12.3. The van der Waals surface area contributed by atoms with Crippen molar-refractivity contribution in [2.75, 3.05) is 20.1 Å². The van der Waals surface area contributed by atoms with E-state index in [0.717, 1.165) is 12.1 Å². The fraction of sp³-hybridized carbons (Fsp3) is 0.471. The van der Waals surface area contributed by atoms with Crippen LogP contribution < -0.4 is 5.32 Å². The van der Waals surface area contributed by atoms with Gasteiger partial charge in [0.05, 0.1) is 6.42 Å². The number of halogens is 2. The van der Waals surface area contributed by atoms with Crippen molar-refractivity contribution in [1.29, 1.82) is 0 Å². The summed E-state index contributed by atoms with van der Waals surface area (Å²) in [5.41, 5.74) is 0.199. The number of carbonyl (C=O) groups is 3. The molecule has 1 atom stereocenters. The Hall–Kier alpha value is -2.71. The predicted octanol–water partition coefficient (Wildman–Crippen LogP) is 1.57. The van der Waals surface area contributed by atoms with Gasteiger partial charge in [0.1, 0.15) is 17.7 Å². The summed E-state index contributed by atoms with van der Waals surface area (Å²) in [5.74, 6) is -2.78. The number of hydrogen-bond acceptors (Lipinski definition) is 3. The number of carboxylic acids is 1. The van der Waals surface area contributed by atoms with Crippen molar-refractivity contribution in [2.45, 2.75) is 31.8 Å². The van der Waals surface area contributed by atoms with E-state index in [4.69, 9.17) is 5.11 Å². The van der Waals surface area contributed by atoms with Crippen molar-refractivity contribution >= 4 is 17.9 Å². The molecule has 26 heavy (non-hydrogen) atoms. The maximum Gasteiger partial charge on any atom is 0.317 e. The minimum absolute atomic E-state index is 0.00777. The Kier molecular flexibility index (Phi) is 6.48. The summed E-state index contributed by atoms with van der Waals surface area (Å²) in [6.07, 6.45) is 0.872. The number of benzene rings is 1. The second-order valence-electron chi connectivity index (χ2n) is 6.21. The predicted molar refractivity (Wildman–Crippen MR) is 88.2 cm³/mol. The number of amides is 3. The molecule has 1 aliphatic rings. The molecule has 1 aromatic carbocycles. The Morgan fingerprint density at radius 2 is 2.12 bits per heavy atom. The van der Waals surface area contributed by atoms with Gasteiger partial charge >= 0.3 is 12.0 Å². The van der Waals surface area contributed by atoms with Crippen LogP contribution in [0.1, 0.15) is 24.8 Å². The van der Waals surface area contributed by atoms with E-state index in [9.17, 15) is 23.2 Å². The van der Waals surface area contributed by atoms with E-state index < -0.39 is 29.7 Å². The average molecular weight is 369 g/mol. The summed E-state index contributed by atoms with van der Waals surface area (Å²) in [5, 5.41) is 11.2. The topological polar surface area (TPSA) is 89.9 Å². The van der Waals surface area contributed by atoms with E-state index >= 15 is 0 Å². The van der Waals surface area contributed by atoms with E-state index in [0.29, 0.717) is 19.4 Å². The number of aliphatic carboxylic acids is 1. The molecule has 1 aliphatic heterocycles. The number of carboxylic acid groups (broad SMARTS) is 1. The molecular formula is C17H21F2N3O4. The van der Waals surface area contributed by atoms with Crippen molar-refractivity contribution in [3.8, 4) is 0 Å². The zero-order valence-corrected chi connectivity index (χ0v) is 14.4. The van der Waals surface area contributed by atoms with E-state index in [-0.39, 0.29) is 31.0 Å². The number of urea groups is 1. The van der Waals surface area contributed by atoms with Crippen molar-refractivity contribution in [3.05, 3.63) is 35.4 Å². The maximum atomic E-state index is 13.8. The minimum Gasteiger partial charge on any atom is -0.481 e. The second-order valence-corrected chi connectivity index (χ2v) is 6.21. The Morgan fingerprint density at radius 1 is 1.38 bits per heavy atom. The lowest BCUT2D eigenvalue weighted by Crippen LogP contribution is -2.54. The fourth-order valence-corrected chi connectivity index (χ4v) is 2.71. The highest BCUT2D eigenvalue weighted by Gasteiger charge is 2.31. The largest absolute Gasteiger partial charge is 0.481 e. The molecule has 0 spiro atoms. The van der Waals surface area contributed by atoms with Crippen LogP contribution in [0.15, 0.2) is 18.2 Å². The van der Waals surface area contributed by atoms with Gasteiger partial charge in [-0.1, -0.05) is 6.07 Å². The van der Waals surface area contributed by atoms with E-state index in [1.165, 1.54) is 22.9 Å². The first kappa shape index (κ1) is 19.6. The molecule has 7 nitrogen and oxygen atoms in total. The van der Waals surface area contributed by atoms with Gasteiger partial charge in [-0.3, -0.25) is 9.59 Å². The molecule has 0 bridgehead atoms. The first-order valence-electron chi connectivity index (χ1n) is 8.24. The van der Waals surface area contributed by atoms with Crippen LogP contribution in [0.3, 0.4) is 0 Å². The van der Waals surface area contributed by atoms with Crippen molar-refractivity contribution in [2.24, 2.45) is 0 Å². The van der Waals surface area contributed by atoms with Gasteiger partial charge in [-0.25, -0.2) is 13.6 Å². The molecule has 9 heteroatoms. The van der Waals surface area contributed by atoms with Gasteiger partial charge in [0.25, 0.3) is 0 Å². The van der Waals surface area contributed by atoms with E-state index in [2.05, 4.69) is 5.32 Å². The molecule has 3 amide bonds. The van der Waals surface area contributed by atoms with Crippen molar-refractivity contribution in [1.82, 2.24) is 15.1 Å². The number of nitrogens with one attached hydrogen (secondary N) is 1. The van der Waals surface area contributed by atoms with Crippen LogP contribution in [-0.4, -0.2) is 59.0 Å². The number of piperidine rings is 1. The highest BCUT2D eigenvalue weighted by atomic mass is 19.1. The zero-order chi connectivity index (χ0) is 19.3. The molecule has 1 aromatic rings. The highest BCUT2D eigenvalue weighted by molar-refractivity contribution is 5.87. The lowest BCUT2D eigenvalue weighted by atomic mass is 10.0. The van der Waals surface area contributed by atoms with Gasteiger partial charge in [-0.2, -0.15) is 0 Å². The Balaban J connectivity index is 1.96. The number of nitrogens with zero attached hydrogens (tertiary/aromatic N) is 2. The summed E-state index contributed by atoms with van der Waals surface area (Å²) in [4.78, 5) is 37.8. The molecular weight excluding hydrogens is 348 g/mol. The third-order valence-corrected chi connectivity index (χ3v) is 4.21. The SMILES string of the molecule is CN(CCC(=O)O)C(=O)NC1CCCN(Cc2ccc(F)cc2F)C1=O. The zero-order valence-electron chi connectivity index (χ0n) is 14.4. The van der Waals surface area contributed by atoms with Gasteiger partial charge in [0.15, 0.2) is 0 Å². The second kappa shape index (κ2) is 8.59. The number of hydrogen-bond donors (Lipinski definition) is 2. The van der Waals surface area contributed by atoms with Crippen LogP contribution in [0.5, 0.6) is 0 Å². The highest BCUT2D eigenvalue weighted by Crippen LogP contribution is 2.18. The number of rotatable bonds is 6. The molecule has 1 unspecified atom stereocenters. The Labute approximate surface area is 149 Å². The summed E-state index contributed by atoms with van der Waals surface area (Å²) < 4.78 is 26.8. The molecule has 1 fully saturated rings. The average Bonchev–Trinajstić information content (AvgIpc) is 2.58. The standard InChI is InChI=1S/C17H21F2N3O4/c1-21(8-6-15(23)24)17(26)20-14-3-2-7-22(16(14)25)10-11-4-5-12(18)9-13(11)19/h4-5,9,14H,2-3,6-8,10H2,1H3,(H,20,26)(H,23,24). The van der Waals surface area contributed by atoms with Gasteiger partial charge < -0.3 is 20.2 Å². The molecule has 0 saturated carbocycles. The third-order valence-electron chi connectivity index (χ3n) is 4.21. The quantitative estimate of drug-likeness (QED) is 0.797. The van der Waals surface area contributed by atoms with Crippen LogP contribution in [0, 0.1) is 11.6 Å². The van der Waals surface area contributed by atoms with E-state index in [1.54, 1.807) is 0 Å². The molecule has 1 heterocycles. The molecule has 2 rings (SSSR count). The van der Waals surface area contributed by atoms with Gasteiger partial charge in [0.2, 0.25) is 5.91 Å². The van der Waals surface area contributed by atoms with Crippen LogP contribution in [-0.2, 0) is 16.1 Å². The molecule has 2 N–H and O–H groups in total. The Bertz CT molecular complexity index is 699. The molecule has 1 saturated heterocycles. The minimum atomic E-state index is -1.02. The third kappa shape index (κ3) is 5.14. The van der Waals surface area contributed by atoms with Gasteiger partial charge in [-0.15, -0.1) is 0 Å². The smallest absolute Gasteiger partial charge is 0.317 e. The van der Waals surface area contributed by atoms with E-state index in [1.807, 2.05) is 0 Å². The summed E-state index contributed by atoms with van der Waals surface area (Å²) >= 11 is 0. The molecule has 142 valence electrons. The van der Waals surface area contributed by atoms with Crippen molar-refractivity contribution < 1.29 is 28.3 Å². The number of carbonyl (C=O) groups excluding carboxylic acids is 2. The first-order valence-corrected chi connectivity index (χ1v) is 8.24. The summed E-state index contributed by atoms with van der Waals surface area (Å²) in [6.45, 7) is 0.426. The fourth-order valence-electron chi connectivity index (χ4n) is 2.71.